The van der Waals surface area contributed by atoms with Crippen LogP contribution in [0.15, 0.2) is 24.3 Å². The molecule has 0 aliphatic carbocycles. The van der Waals surface area contributed by atoms with Gasteiger partial charge in [-0.05, 0) is 57.3 Å². The van der Waals surface area contributed by atoms with E-state index in [4.69, 9.17) is 5.73 Å². The van der Waals surface area contributed by atoms with Crippen molar-refractivity contribution in [2.45, 2.75) is 38.1 Å². The molecule has 1 fully saturated rings. The number of fused-ring (bicyclic) bond motifs is 1. The molecule has 1 aromatic carbocycles. The third-order valence-electron chi connectivity index (χ3n) is 4.57. The van der Waals surface area contributed by atoms with Crippen molar-refractivity contribution >= 4 is 24.0 Å². The Balaban J connectivity index is 0.00000176. The number of anilines is 1. The fraction of sp³-hybridized carbons (Fsp3) is 0.588. The van der Waals surface area contributed by atoms with Gasteiger partial charge in [-0.3, -0.25) is 4.79 Å². The summed E-state index contributed by atoms with van der Waals surface area (Å²) in [7, 11) is 0. The molecule has 2 aliphatic rings. The molecule has 0 bridgehead atoms. The van der Waals surface area contributed by atoms with Gasteiger partial charge in [-0.15, -0.1) is 12.4 Å². The number of carbonyl (C=O) groups excluding carboxylic acids is 1. The molecule has 2 heterocycles. The van der Waals surface area contributed by atoms with Crippen molar-refractivity contribution in [1.29, 1.82) is 0 Å². The van der Waals surface area contributed by atoms with Crippen molar-refractivity contribution in [2.24, 2.45) is 11.7 Å². The van der Waals surface area contributed by atoms with E-state index in [1.807, 2.05) is 18.2 Å². The van der Waals surface area contributed by atoms with Crippen molar-refractivity contribution in [1.82, 2.24) is 4.90 Å². The summed E-state index contributed by atoms with van der Waals surface area (Å²) in [6.45, 7) is 7.14. The number of para-hydroxylation sites is 1. The second kappa shape index (κ2) is 6.57. The number of nitrogens with zero attached hydrogens (tertiary/aromatic N) is 1. The molecule has 5 heteroatoms. The van der Waals surface area contributed by atoms with Crippen LogP contribution in [-0.4, -0.2) is 36.0 Å². The lowest BCUT2D eigenvalue weighted by Crippen LogP contribution is -2.48. The fourth-order valence-electron chi connectivity index (χ4n) is 3.72. The van der Waals surface area contributed by atoms with E-state index in [1.165, 1.54) is 5.56 Å². The van der Waals surface area contributed by atoms with Gasteiger partial charge in [-0.2, -0.15) is 0 Å². The second-order valence-electron chi connectivity index (χ2n) is 7.16. The first-order valence-corrected chi connectivity index (χ1v) is 7.85. The van der Waals surface area contributed by atoms with Crippen LogP contribution >= 0.6 is 12.4 Å². The third-order valence-corrected chi connectivity index (χ3v) is 4.57. The first-order chi connectivity index (χ1) is 9.94. The molecular weight excluding hydrogens is 298 g/mol. The van der Waals surface area contributed by atoms with Gasteiger partial charge < -0.3 is 16.0 Å². The molecule has 0 radical (unpaired) electrons. The van der Waals surface area contributed by atoms with Crippen LogP contribution in [0.3, 0.4) is 0 Å². The maximum atomic E-state index is 12.3. The smallest absolute Gasteiger partial charge is 0.232 e. The number of nitrogens with one attached hydrogen (secondary N) is 1. The molecule has 1 amide bonds. The fourth-order valence-corrected chi connectivity index (χ4v) is 3.72. The van der Waals surface area contributed by atoms with E-state index in [1.54, 1.807) is 0 Å². The van der Waals surface area contributed by atoms with E-state index in [-0.39, 0.29) is 29.8 Å². The largest absolute Gasteiger partial charge is 0.325 e. The summed E-state index contributed by atoms with van der Waals surface area (Å²) >= 11 is 0. The zero-order valence-corrected chi connectivity index (χ0v) is 14.2. The summed E-state index contributed by atoms with van der Waals surface area (Å²) in [6.07, 6.45) is 2.14. The van der Waals surface area contributed by atoms with E-state index in [0.717, 1.165) is 38.2 Å². The van der Waals surface area contributed by atoms with Crippen LogP contribution in [0, 0.1) is 5.92 Å². The van der Waals surface area contributed by atoms with E-state index >= 15 is 0 Å². The number of halogens is 1. The van der Waals surface area contributed by atoms with Gasteiger partial charge in [0.1, 0.15) is 0 Å². The summed E-state index contributed by atoms with van der Waals surface area (Å²) in [5.74, 6) is 0.661. The van der Waals surface area contributed by atoms with Crippen molar-refractivity contribution < 1.29 is 4.79 Å². The normalized spacial score (nSPS) is 22.9. The molecule has 122 valence electrons. The Morgan fingerprint density at radius 3 is 2.55 bits per heavy atom. The summed E-state index contributed by atoms with van der Waals surface area (Å²) in [5, 5.41) is 3.02. The lowest BCUT2D eigenvalue weighted by atomic mass is 9.80. The lowest BCUT2D eigenvalue weighted by molar-refractivity contribution is -0.118. The van der Waals surface area contributed by atoms with E-state index in [2.05, 4.69) is 30.1 Å². The average Bonchev–Trinajstić information content (AvgIpc) is 2.74. The highest BCUT2D eigenvalue weighted by atomic mass is 35.5. The SMILES string of the molecule is CC(C)(N)CN1CCC(C2C(=O)Nc3ccccc32)CC1.Cl. The average molecular weight is 324 g/mol. The van der Waals surface area contributed by atoms with E-state index in [0.29, 0.717) is 5.92 Å². The minimum absolute atomic E-state index is 0. The molecule has 1 atom stereocenters. The maximum Gasteiger partial charge on any atom is 0.232 e. The standard InChI is InChI=1S/C17H25N3O.ClH/c1-17(2,18)11-20-9-7-12(8-10-20)15-13-5-3-4-6-14(13)19-16(15)21;/h3-6,12,15H,7-11,18H2,1-2H3,(H,19,21);1H. The van der Waals surface area contributed by atoms with Crippen LogP contribution in [-0.2, 0) is 4.79 Å². The highest BCUT2D eigenvalue weighted by Crippen LogP contribution is 2.41. The van der Waals surface area contributed by atoms with E-state index < -0.39 is 0 Å². The van der Waals surface area contributed by atoms with Crippen molar-refractivity contribution in [2.75, 3.05) is 25.0 Å². The van der Waals surface area contributed by atoms with E-state index in [9.17, 15) is 4.79 Å². The highest BCUT2D eigenvalue weighted by Gasteiger charge is 2.38. The van der Waals surface area contributed by atoms with Crippen molar-refractivity contribution in [3.63, 3.8) is 0 Å². The quantitative estimate of drug-likeness (QED) is 0.899. The molecule has 4 nitrogen and oxygen atoms in total. The van der Waals surface area contributed by atoms with Crippen LogP contribution in [0.1, 0.15) is 38.2 Å². The van der Waals surface area contributed by atoms with Crippen molar-refractivity contribution in [3.05, 3.63) is 29.8 Å². The summed E-state index contributed by atoms with van der Waals surface area (Å²) in [4.78, 5) is 14.7. The predicted octanol–water partition coefficient (Wildman–Crippen LogP) is 2.59. The first kappa shape index (κ1) is 17.3. The molecule has 0 spiro atoms. The van der Waals surface area contributed by atoms with Gasteiger partial charge in [0.05, 0.1) is 5.92 Å². The molecule has 22 heavy (non-hydrogen) atoms. The van der Waals surface area contributed by atoms with Gasteiger partial charge in [-0.1, -0.05) is 18.2 Å². The minimum atomic E-state index is -0.149. The molecule has 2 aliphatic heterocycles. The van der Waals surface area contributed by atoms with Gasteiger partial charge in [0.15, 0.2) is 0 Å². The molecule has 0 aromatic heterocycles. The number of rotatable bonds is 3. The molecule has 3 N–H and O–H groups in total. The molecule has 0 saturated carbocycles. The van der Waals surface area contributed by atoms with Gasteiger partial charge in [0, 0.05) is 17.8 Å². The topological polar surface area (TPSA) is 58.4 Å². The Morgan fingerprint density at radius 1 is 1.27 bits per heavy atom. The number of hydrogen-bond donors (Lipinski definition) is 2. The number of piperidine rings is 1. The number of hydrogen-bond acceptors (Lipinski definition) is 3. The van der Waals surface area contributed by atoms with Gasteiger partial charge in [0.2, 0.25) is 5.91 Å². The zero-order chi connectivity index (χ0) is 15.0. The summed E-state index contributed by atoms with van der Waals surface area (Å²) in [6, 6.07) is 8.10. The molecule has 3 rings (SSSR count). The summed E-state index contributed by atoms with van der Waals surface area (Å²) < 4.78 is 0. The van der Waals surface area contributed by atoms with Gasteiger partial charge >= 0.3 is 0 Å². The Bertz CT molecular complexity index is 533. The van der Waals surface area contributed by atoms with Crippen LogP contribution in [0.25, 0.3) is 0 Å². The first-order valence-electron chi connectivity index (χ1n) is 7.85. The zero-order valence-electron chi connectivity index (χ0n) is 13.3. The molecular formula is C17H26ClN3O. The third kappa shape index (κ3) is 3.62. The predicted molar refractivity (Wildman–Crippen MR) is 92.5 cm³/mol. The number of nitrogens with two attached hydrogens (primary N) is 1. The lowest BCUT2D eigenvalue weighted by Gasteiger charge is -2.37. The number of carbonyl (C=O) groups is 1. The number of amides is 1. The Morgan fingerprint density at radius 2 is 1.91 bits per heavy atom. The Hall–Kier alpha value is -1.10. The van der Waals surface area contributed by atoms with Gasteiger partial charge in [-0.25, -0.2) is 0 Å². The van der Waals surface area contributed by atoms with Crippen LogP contribution < -0.4 is 11.1 Å². The van der Waals surface area contributed by atoms with Crippen LogP contribution in [0.4, 0.5) is 5.69 Å². The number of benzene rings is 1. The molecule has 1 aromatic rings. The monoisotopic (exact) mass is 323 g/mol. The maximum absolute atomic E-state index is 12.3. The Labute approximate surface area is 138 Å². The molecule has 1 unspecified atom stereocenters. The molecule has 1 saturated heterocycles. The summed E-state index contributed by atoms with van der Waals surface area (Å²) in [5.41, 5.74) is 8.13. The Kier molecular flexibility index (Phi) is 5.15. The van der Waals surface area contributed by atoms with Crippen LogP contribution in [0.2, 0.25) is 0 Å². The van der Waals surface area contributed by atoms with Crippen LogP contribution in [0.5, 0.6) is 0 Å². The number of likely N-dealkylation sites (tertiary alicyclic amines) is 1. The second-order valence-corrected chi connectivity index (χ2v) is 7.16. The van der Waals surface area contributed by atoms with Gasteiger partial charge in [0.25, 0.3) is 0 Å². The highest BCUT2D eigenvalue weighted by molar-refractivity contribution is 6.03. The minimum Gasteiger partial charge on any atom is -0.325 e. The van der Waals surface area contributed by atoms with Crippen molar-refractivity contribution in [3.8, 4) is 0 Å².